The number of aromatic nitrogens is 2. The summed E-state index contributed by atoms with van der Waals surface area (Å²) in [5.41, 5.74) is 4.71. The van der Waals surface area contributed by atoms with Gasteiger partial charge in [-0.25, -0.2) is 5.43 Å². The number of anilines is 1. The van der Waals surface area contributed by atoms with Gasteiger partial charge in [0.2, 0.25) is 17.8 Å². The van der Waals surface area contributed by atoms with Gasteiger partial charge in [-0.15, -0.1) is 10.2 Å². The number of hydrazone groups is 1. The number of carbonyl (C=O) groups excluding carboxylic acids is 2. The molecule has 2 aromatic carbocycles. The number of benzene rings is 2. The van der Waals surface area contributed by atoms with E-state index in [-0.39, 0.29) is 25.0 Å². The van der Waals surface area contributed by atoms with Gasteiger partial charge in [0, 0.05) is 5.56 Å². The number of fused-ring (bicyclic) bond motifs is 1. The molecule has 0 bridgehead atoms. The summed E-state index contributed by atoms with van der Waals surface area (Å²) in [5.74, 6) is 0.691. The normalized spacial score (nSPS) is 12.2. The Morgan fingerprint density at radius 2 is 2.03 bits per heavy atom. The molecule has 152 valence electrons. The van der Waals surface area contributed by atoms with E-state index in [0.717, 1.165) is 22.5 Å². The molecule has 1 aromatic heterocycles. The summed E-state index contributed by atoms with van der Waals surface area (Å²) in [6.45, 7) is 2.11. The molecule has 1 aliphatic rings. The minimum Gasteiger partial charge on any atom is -0.454 e. The second-order valence-corrected chi connectivity index (χ2v) is 7.47. The zero-order valence-electron chi connectivity index (χ0n) is 15.9. The van der Waals surface area contributed by atoms with Crippen LogP contribution in [0.2, 0.25) is 0 Å². The van der Waals surface area contributed by atoms with E-state index >= 15 is 0 Å². The Morgan fingerprint density at radius 3 is 2.90 bits per heavy atom. The minimum absolute atomic E-state index is 0.00351. The molecule has 0 unspecified atom stereocenters. The Morgan fingerprint density at radius 1 is 1.17 bits per heavy atom. The zero-order chi connectivity index (χ0) is 20.9. The third-order valence-corrected chi connectivity index (χ3v) is 4.92. The molecule has 1 aliphatic heterocycles. The van der Waals surface area contributed by atoms with Crippen molar-refractivity contribution in [2.45, 2.75) is 13.3 Å². The van der Waals surface area contributed by atoms with Crippen LogP contribution in [0.15, 0.2) is 47.6 Å². The van der Waals surface area contributed by atoms with Crippen LogP contribution in [-0.4, -0.2) is 35.0 Å². The number of nitrogens with zero attached hydrogens (tertiary/aromatic N) is 3. The standard InChI is InChI=1S/C20H17N5O4S/c1-12-3-2-4-14(7-12)19(27)22-20-25-24-18(30-20)9-17(26)23-21-10-13-5-6-15-16(8-13)29-11-28-15/h2-8,10H,9,11H2,1H3,(H,23,26)(H,22,25,27)/b21-10-. The van der Waals surface area contributed by atoms with Crippen LogP contribution in [-0.2, 0) is 11.2 Å². The maximum atomic E-state index is 12.3. The van der Waals surface area contributed by atoms with Crippen LogP contribution in [0.4, 0.5) is 5.13 Å². The van der Waals surface area contributed by atoms with Gasteiger partial charge < -0.3 is 9.47 Å². The molecular formula is C20H17N5O4S. The summed E-state index contributed by atoms with van der Waals surface area (Å²) in [5, 5.41) is 15.3. The van der Waals surface area contributed by atoms with Crippen LogP contribution in [0.25, 0.3) is 0 Å². The average molecular weight is 423 g/mol. The second-order valence-electron chi connectivity index (χ2n) is 6.41. The van der Waals surface area contributed by atoms with Gasteiger partial charge in [0.05, 0.1) is 12.6 Å². The van der Waals surface area contributed by atoms with Gasteiger partial charge in [-0.05, 0) is 42.8 Å². The fraction of sp³-hybridized carbons (Fsp3) is 0.150. The first-order valence-electron chi connectivity index (χ1n) is 8.99. The van der Waals surface area contributed by atoms with Crippen LogP contribution in [0.1, 0.15) is 26.5 Å². The van der Waals surface area contributed by atoms with Crippen molar-refractivity contribution in [1.82, 2.24) is 15.6 Å². The first kappa shape index (κ1) is 19.5. The van der Waals surface area contributed by atoms with Crippen LogP contribution >= 0.6 is 11.3 Å². The van der Waals surface area contributed by atoms with Crippen molar-refractivity contribution >= 4 is 34.5 Å². The van der Waals surface area contributed by atoms with Crippen LogP contribution in [0.3, 0.4) is 0 Å². The number of ether oxygens (including phenoxy) is 2. The first-order chi connectivity index (χ1) is 14.6. The summed E-state index contributed by atoms with van der Waals surface area (Å²) in [6.07, 6.45) is 1.50. The summed E-state index contributed by atoms with van der Waals surface area (Å²) in [4.78, 5) is 24.3. The molecule has 0 saturated heterocycles. The Kier molecular flexibility index (Phi) is 5.66. The minimum atomic E-state index is -0.347. The fourth-order valence-corrected chi connectivity index (χ4v) is 3.41. The van der Waals surface area contributed by atoms with Gasteiger partial charge in [-0.1, -0.05) is 29.0 Å². The van der Waals surface area contributed by atoms with Crippen molar-refractivity contribution in [1.29, 1.82) is 0 Å². The predicted octanol–water partition coefficient (Wildman–Crippen LogP) is 2.52. The molecule has 9 nitrogen and oxygen atoms in total. The molecule has 10 heteroatoms. The topological polar surface area (TPSA) is 115 Å². The highest BCUT2D eigenvalue weighted by Crippen LogP contribution is 2.31. The third kappa shape index (κ3) is 4.78. The van der Waals surface area contributed by atoms with Crippen molar-refractivity contribution in [3.05, 3.63) is 64.2 Å². The lowest BCUT2D eigenvalue weighted by atomic mass is 10.1. The second kappa shape index (κ2) is 8.70. The van der Waals surface area contributed by atoms with E-state index in [9.17, 15) is 9.59 Å². The van der Waals surface area contributed by atoms with Gasteiger partial charge in [-0.2, -0.15) is 5.10 Å². The molecule has 0 fully saturated rings. The summed E-state index contributed by atoms with van der Waals surface area (Å²) in [7, 11) is 0. The predicted molar refractivity (Wildman–Crippen MR) is 111 cm³/mol. The van der Waals surface area contributed by atoms with Gasteiger partial charge >= 0.3 is 0 Å². The van der Waals surface area contributed by atoms with E-state index in [1.165, 1.54) is 6.21 Å². The molecule has 0 spiro atoms. The molecule has 0 radical (unpaired) electrons. The smallest absolute Gasteiger partial charge is 0.257 e. The van der Waals surface area contributed by atoms with Crippen LogP contribution < -0.4 is 20.2 Å². The van der Waals surface area contributed by atoms with E-state index in [2.05, 4.69) is 26.0 Å². The third-order valence-electron chi connectivity index (χ3n) is 4.08. The Hall–Kier alpha value is -3.79. The molecule has 0 aliphatic carbocycles. The van der Waals surface area contributed by atoms with Gasteiger partial charge in [0.15, 0.2) is 11.5 Å². The largest absolute Gasteiger partial charge is 0.454 e. The van der Waals surface area contributed by atoms with E-state index in [0.29, 0.717) is 27.2 Å². The lowest BCUT2D eigenvalue weighted by molar-refractivity contribution is -0.120. The maximum Gasteiger partial charge on any atom is 0.257 e. The van der Waals surface area contributed by atoms with Crippen molar-refractivity contribution in [3.8, 4) is 11.5 Å². The molecule has 0 atom stereocenters. The Bertz CT molecular complexity index is 1130. The Balaban J connectivity index is 1.29. The van der Waals surface area contributed by atoms with Crippen molar-refractivity contribution in [3.63, 3.8) is 0 Å². The molecule has 2 N–H and O–H groups in total. The van der Waals surface area contributed by atoms with Crippen molar-refractivity contribution in [2.75, 3.05) is 12.1 Å². The summed E-state index contributed by atoms with van der Waals surface area (Å²) >= 11 is 1.13. The van der Waals surface area contributed by atoms with Gasteiger partial charge in [0.1, 0.15) is 5.01 Å². The lowest BCUT2D eigenvalue weighted by Crippen LogP contribution is -2.19. The molecule has 3 aromatic rings. The zero-order valence-corrected chi connectivity index (χ0v) is 16.7. The molecule has 0 saturated carbocycles. The number of carbonyl (C=O) groups is 2. The van der Waals surface area contributed by atoms with Crippen molar-refractivity contribution in [2.24, 2.45) is 5.10 Å². The highest BCUT2D eigenvalue weighted by molar-refractivity contribution is 7.15. The quantitative estimate of drug-likeness (QED) is 0.465. The number of aryl methyl sites for hydroxylation is 1. The monoisotopic (exact) mass is 423 g/mol. The average Bonchev–Trinajstić information content (AvgIpc) is 3.37. The van der Waals surface area contributed by atoms with Gasteiger partial charge in [-0.3, -0.25) is 14.9 Å². The lowest BCUT2D eigenvalue weighted by Gasteiger charge is -2.01. The Labute approximate surface area is 175 Å². The molecular weight excluding hydrogens is 406 g/mol. The number of hydrogen-bond acceptors (Lipinski definition) is 8. The van der Waals surface area contributed by atoms with Crippen molar-refractivity contribution < 1.29 is 19.1 Å². The van der Waals surface area contributed by atoms with E-state index < -0.39 is 0 Å². The number of amides is 2. The number of nitrogens with one attached hydrogen (secondary N) is 2. The SMILES string of the molecule is Cc1cccc(C(=O)Nc2nnc(CC(=O)N/N=C\c3ccc4c(c3)OCO4)s2)c1. The molecule has 2 amide bonds. The molecule has 30 heavy (non-hydrogen) atoms. The van der Waals surface area contributed by atoms with Crippen LogP contribution in [0.5, 0.6) is 11.5 Å². The fourth-order valence-electron chi connectivity index (χ4n) is 2.68. The van der Waals surface area contributed by atoms with E-state index in [1.807, 2.05) is 19.1 Å². The molecule has 2 heterocycles. The highest BCUT2D eigenvalue weighted by Gasteiger charge is 2.14. The number of hydrogen-bond donors (Lipinski definition) is 2. The molecule has 4 rings (SSSR count). The highest BCUT2D eigenvalue weighted by atomic mass is 32.1. The van der Waals surface area contributed by atoms with E-state index in [4.69, 9.17) is 9.47 Å². The van der Waals surface area contributed by atoms with Gasteiger partial charge in [0.25, 0.3) is 5.91 Å². The summed E-state index contributed by atoms with van der Waals surface area (Å²) in [6, 6.07) is 12.6. The summed E-state index contributed by atoms with van der Waals surface area (Å²) < 4.78 is 10.5. The first-order valence-corrected chi connectivity index (χ1v) is 9.80. The maximum absolute atomic E-state index is 12.3. The number of rotatable bonds is 6. The van der Waals surface area contributed by atoms with Crippen LogP contribution in [0, 0.1) is 6.92 Å². The van der Waals surface area contributed by atoms with E-state index in [1.54, 1.807) is 30.3 Å².